The molecule has 0 aliphatic carbocycles. The van der Waals surface area contributed by atoms with Crippen molar-refractivity contribution in [3.8, 4) is 0 Å². The maximum Gasteiger partial charge on any atom is 0.407 e. The predicted octanol–water partition coefficient (Wildman–Crippen LogP) is 3.72. The Kier molecular flexibility index (Phi) is 5.88. The number of rotatable bonds is 3. The van der Waals surface area contributed by atoms with Gasteiger partial charge in [-0.1, -0.05) is 30.3 Å². The summed E-state index contributed by atoms with van der Waals surface area (Å²) in [5.41, 5.74) is 0.804. The van der Waals surface area contributed by atoms with Crippen LogP contribution in [0, 0.1) is 0 Å². The van der Waals surface area contributed by atoms with E-state index >= 15 is 0 Å². The van der Waals surface area contributed by atoms with Gasteiger partial charge in [0, 0.05) is 32.3 Å². The van der Waals surface area contributed by atoms with Crippen molar-refractivity contribution in [2.75, 3.05) is 19.7 Å². The predicted molar refractivity (Wildman–Crippen MR) is 102 cm³/mol. The van der Waals surface area contributed by atoms with Gasteiger partial charge in [0.25, 0.3) is 0 Å². The molecule has 144 valence electrons. The van der Waals surface area contributed by atoms with Crippen molar-refractivity contribution in [1.82, 2.24) is 10.2 Å². The molecule has 0 saturated carbocycles. The average Bonchev–Trinajstić information content (AvgIpc) is 2.57. The lowest BCUT2D eigenvalue weighted by Gasteiger charge is -2.46. The van der Waals surface area contributed by atoms with Crippen LogP contribution in [0.2, 0.25) is 0 Å². The van der Waals surface area contributed by atoms with Gasteiger partial charge < -0.3 is 14.8 Å². The fourth-order valence-corrected chi connectivity index (χ4v) is 3.93. The second kappa shape index (κ2) is 7.97. The number of hydrogen-bond donors (Lipinski definition) is 1. The monoisotopic (exact) mass is 360 g/mol. The normalized spacial score (nSPS) is 23.6. The molecule has 2 heterocycles. The number of benzene rings is 1. The summed E-state index contributed by atoms with van der Waals surface area (Å²) in [6, 6.07) is 10.8. The number of hydrogen-bond acceptors (Lipinski definition) is 4. The van der Waals surface area contributed by atoms with E-state index in [1.165, 1.54) is 5.56 Å². The van der Waals surface area contributed by atoms with Gasteiger partial charge in [0.05, 0.1) is 5.60 Å². The van der Waals surface area contributed by atoms with Gasteiger partial charge in [-0.3, -0.25) is 4.90 Å². The molecular weight excluding hydrogens is 328 g/mol. The zero-order chi connectivity index (χ0) is 18.6. The Labute approximate surface area is 157 Å². The zero-order valence-electron chi connectivity index (χ0n) is 16.3. The Morgan fingerprint density at radius 3 is 2.62 bits per heavy atom. The van der Waals surface area contributed by atoms with Crippen LogP contribution in [0.5, 0.6) is 0 Å². The number of carbonyl (C=O) groups excluding carboxylic acids is 1. The summed E-state index contributed by atoms with van der Waals surface area (Å²) in [7, 11) is 0. The summed E-state index contributed by atoms with van der Waals surface area (Å²) in [6.07, 6.45) is 3.46. The molecule has 2 aliphatic heterocycles. The molecule has 1 atom stereocenters. The Bertz CT molecular complexity index is 589. The standard InChI is InChI=1S/C21H32N2O3/c1-20(2,3)26-19(24)22-18-9-14-25-21(15-18)10-12-23(13-11-21)16-17-7-5-4-6-8-17/h4-8,18H,9-16H2,1-3H3,(H,22,24)/t18-/m1/s1. The number of likely N-dealkylation sites (tertiary alicyclic amines) is 1. The first-order valence-corrected chi connectivity index (χ1v) is 9.73. The number of nitrogens with one attached hydrogen (secondary N) is 1. The molecule has 1 spiro atoms. The molecule has 2 aliphatic rings. The fraction of sp³-hybridized carbons (Fsp3) is 0.667. The SMILES string of the molecule is CC(C)(C)OC(=O)N[C@@H]1CCOC2(CCN(Cc3ccccc3)CC2)C1. The zero-order valence-corrected chi connectivity index (χ0v) is 16.3. The van der Waals surface area contributed by atoms with Gasteiger partial charge in [-0.05, 0) is 52.0 Å². The quantitative estimate of drug-likeness (QED) is 0.892. The third kappa shape index (κ3) is 5.45. The molecule has 3 rings (SSSR count). The van der Waals surface area contributed by atoms with Crippen LogP contribution >= 0.6 is 0 Å². The number of piperidine rings is 1. The highest BCUT2D eigenvalue weighted by Gasteiger charge is 2.40. The molecule has 2 saturated heterocycles. The van der Waals surface area contributed by atoms with Crippen molar-refractivity contribution < 1.29 is 14.3 Å². The molecule has 0 bridgehead atoms. The molecule has 5 heteroatoms. The first-order valence-electron chi connectivity index (χ1n) is 9.73. The highest BCUT2D eigenvalue weighted by atomic mass is 16.6. The van der Waals surface area contributed by atoms with Gasteiger partial charge in [0.15, 0.2) is 0 Å². The van der Waals surface area contributed by atoms with Gasteiger partial charge in [-0.2, -0.15) is 0 Å². The Morgan fingerprint density at radius 2 is 1.96 bits per heavy atom. The van der Waals surface area contributed by atoms with Crippen LogP contribution < -0.4 is 5.32 Å². The lowest BCUT2D eigenvalue weighted by atomic mass is 9.82. The molecule has 0 unspecified atom stereocenters. The number of ether oxygens (including phenoxy) is 2. The Balaban J connectivity index is 1.49. The number of nitrogens with zero attached hydrogens (tertiary/aromatic N) is 1. The lowest BCUT2D eigenvalue weighted by Crippen LogP contribution is -2.53. The van der Waals surface area contributed by atoms with Crippen LogP contribution in [-0.2, 0) is 16.0 Å². The number of alkyl carbamates (subject to hydrolysis) is 1. The first-order chi connectivity index (χ1) is 12.3. The molecule has 0 radical (unpaired) electrons. The van der Waals surface area contributed by atoms with Gasteiger partial charge in [-0.15, -0.1) is 0 Å². The van der Waals surface area contributed by atoms with Gasteiger partial charge in [-0.25, -0.2) is 4.79 Å². The van der Waals surface area contributed by atoms with Crippen LogP contribution in [0.15, 0.2) is 30.3 Å². The largest absolute Gasteiger partial charge is 0.444 e. The summed E-state index contributed by atoms with van der Waals surface area (Å²) in [5, 5.41) is 3.04. The molecule has 26 heavy (non-hydrogen) atoms. The highest BCUT2D eigenvalue weighted by Crippen LogP contribution is 2.35. The molecule has 5 nitrogen and oxygen atoms in total. The van der Waals surface area contributed by atoms with Crippen molar-refractivity contribution in [1.29, 1.82) is 0 Å². The average molecular weight is 360 g/mol. The Morgan fingerprint density at radius 1 is 1.27 bits per heavy atom. The topological polar surface area (TPSA) is 50.8 Å². The van der Waals surface area contributed by atoms with E-state index in [0.717, 1.165) is 45.3 Å². The molecule has 1 aromatic carbocycles. The second-order valence-corrected chi connectivity index (χ2v) is 8.63. The molecule has 1 amide bonds. The minimum absolute atomic E-state index is 0.0921. The molecule has 1 N–H and O–H groups in total. The van der Waals surface area contributed by atoms with E-state index in [4.69, 9.17) is 9.47 Å². The summed E-state index contributed by atoms with van der Waals surface area (Å²) in [6.45, 7) is 9.44. The summed E-state index contributed by atoms with van der Waals surface area (Å²) < 4.78 is 11.6. The maximum atomic E-state index is 12.1. The molecule has 1 aromatic rings. The molecular formula is C21H32N2O3. The summed E-state index contributed by atoms with van der Waals surface area (Å²) in [4.78, 5) is 14.6. The third-order valence-corrected chi connectivity index (χ3v) is 5.23. The lowest BCUT2D eigenvalue weighted by molar-refractivity contribution is -0.120. The van der Waals surface area contributed by atoms with E-state index < -0.39 is 5.60 Å². The van der Waals surface area contributed by atoms with Crippen LogP contribution in [0.25, 0.3) is 0 Å². The van der Waals surface area contributed by atoms with Gasteiger partial charge in [0.2, 0.25) is 0 Å². The third-order valence-electron chi connectivity index (χ3n) is 5.23. The minimum Gasteiger partial charge on any atom is -0.444 e. The molecule has 2 fully saturated rings. The summed E-state index contributed by atoms with van der Waals surface area (Å²) >= 11 is 0. The van der Waals surface area contributed by atoms with Gasteiger partial charge >= 0.3 is 6.09 Å². The van der Waals surface area contributed by atoms with Crippen LogP contribution in [0.3, 0.4) is 0 Å². The second-order valence-electron chi connectivity index (χ2n) is 8.63. The van der Waals surface area contributed by atoms with E-state index in [0.29, 0.717) is 6.61 Å². The van der Waals surface area contributed by atoms with E-state index in [9.17, 15) is 4.79 Å². The van der Waals surface area contributed by atoms with Crippen LogP contribution in [-0.4, -0.2) is 47.9 Å². The minimum atomic E-state index is -0.463. The van der Waals surface area contributed by atoms with Gasteiger partial charge in [0.1, 0.15) is 5.60 Å². The van der Waals surface area contributed by atoms with E-state index in [1.54, 1.807) is 0 Å². The summed E-state index contributed by atoms with van der Waals surface area (Å²) in [5.74, 6) is 0. The highest BCUT2D eigenvalue weighted by molar-refractivity contribution is 5.68. The van der Waals surface area contributed by atoms with Crippen LogP contribution in [0.4, 0.5) is 4.79 Å². The van der Waals surface area contributed by atoms with Crippen molar-refractivity contribution in [3.63, 3.8) is 0 Å². The van der Waals surface area contributed by atoms with E-state index in [1.807, 2.05) is 20.8 Å². The van der Waals surface area contributed by atoms with E-state index in [-0.39, 0.29) is 17.7 Å². The fourth-order valence-electron chi connectivity index (χ4n) is 3.93. The Hall–Kier alpha value is -1.59. The van der Waals surface area contributed by atoms with Crippen molar-refractivity contribution >= 4 is 6.09 Å². The van der Waals surface area contributed by atoms with Crippen LogP contribution in [0.1, 0.15) is 52.0 Å². The number of carbonyl (C=O) groups is 1. The first kappa shape index (κ1) is 19.2. The van der Waals surface area contributed by atoms with Crippen molar-refractivity contribution in [2.45, 2.75) is 70.2 Å². The molecule has 0 aromatic heterocycles. The smallest absolute Gasteiger partial charge is 0.407 e. The van der Waals surface area contributed by atoms with Crippen molar-refractivity contribution in [2.24, 2.45) is 0 Å². The van der Waals surface area contributed by atoms with Crippen molar-refractivity contribution in [3.05, 3.63) is 35.9 Å². The maximum absolute atomic E-state index is 12.1. The van der Waals surface area contributed by atoms with E-state index in [2.05, 4.69) is 40.5 Å². The number of amides is 1.